The fraction of sp³-hybridized carbons (Fsp3) is 0.457. The summed E-state index contributed by atoms with van der Waals surface area (Å²) in [6, 6.07) is 15.3. The monoisotopic (exact) mass is 575 g/mol. The van der Waals surface area contributed by atoms with Gasteiger partial charge in [-0.1, -0.05) is 94.7 Å². The lowest BCUT2D eigenvalue weighted by molar-refractivity contribution is -0.137. The summed E-state index contributed by atoms with van der Waals surface area (Å²) in [5, 5.41) is 0.746. The molecule has 0 bridgehead atoms. The number of aromatic nitrogens is 1. The number of rotatable bonds is 18. The molecule has 0 saturated heterocycles. The van der Waals surface area contributed by atoms with Crippen molar-refractivity contribution in [3.63, 3.8) is 0 Å². The van der Waals surface area contributed by atoms with Crippen LogP contribution in [0.15, 0.2) is 54.6 Å². The number of nitrogens with zero attached hydrogens (tertiary/aromatic N) is 1. The quantitative estimate of drug-likeness (QED) is 0.0652. The van der Waals surface area contributed by atoms with Crippen LogP contribution >= 0.6 is 0 Å². The van der Waals surface area contributed by atoms with Gasteiger partial charge in [-0.25, -0.2) is 9.59 Å². The number of ether oxygens (including phenoxy) is 3. The number of fused-ring (bicyclic) bond motifs is 1. The third-order valence-electron chi connectivity index (χ3n) is 7.14. The van der Waals surface area contributed by atoms with Gasteiger partial charge < -0.3 is 18.8 Å². The Morgan fingerprint density at radius 3 is 2.19 bits per heavy atom. The van der Waals surface area contributed by atoms with Gasteiger partial charge in [0.15, 0.2) is 5.78 Å². The van der Waals surface area contributed by atoms with Crippen LogP contribution in [-0.4, -0.2) is 35.7 Å². The molecule has 3 aromatic rings. The van der Waals surface area contributed by atoms with E-state index < -0.39 is 12.1 Å². The highest BCUT2D eigenvalue weighted by Gasteiger charge is 2.26. The van der Waals surface area contributed by atoms with Crippen molar-refractivity contribution >= 4 is 34.9 Å². The van der Waals surface area contributed by atoms with E-state index in [1.807, 2.05) is 53.1 Å². The molecule has 0 amide bonds. The molecule has 0 saturated carbocycles. The van der Waals surface area contributed by atoms with Crippen molar-refractivity contribution < 1.29 is 28.6 Å². The first-order valence-electron chi connectivity index (χ1n) is 15.4. The molecule has 0 radical (unpaired) electrons. The van der Waals surface area contributed by atoms with Crippen molar-refractivity contribution in [1.29, 1.82) is 0 Å². The number of hydrogen-bond donors (Lipinski definition) is 0. The van der Waals surface area contributed by atoms with Gasteiger partial charge in [0.25, 0.3) is 0 Å². The highest BCUT2D eigenvalue weighted by atomic mass is 16.7. The maximum atomic E-state index is 13.6. The van der Waals surface area contributed by atoms with Crippen molar-refractivity contribution in [2.24, 2.45) is 0 Å². The van der Waals surface area contributed by atoms with Crippen LogP contribution in [0.1, 0.15) is 106 Å². The predicted molar refractivity (Wildman–Crippen MR) is 167 cm³/mol. The molecular weight excluding hydrogens is 530 g/mol. The zero-order valence-corrected chi connectivity index (χ0v) is 25.4. The van der Waals surface area contributed by atoms with Crippen molar-refractivity contribution in [2.75, 3.05) is 13.2 Å². The largest absolute Gasteiger partial charge is 0.515 e. The predicted octanol–water partition coefficient (Wildman–Crippen LogP) is 8.90. The second-order valence-electron chi connectivity index (χ2n) is 10.4. The Hall–Kier alpha value is -3.87. The van der Waals surface area contributed by atoms with Gasteiger partial charge in [-0.3, -0.25) is 4.79 Å². The Balaban J connectivity index is 1.84. The maximum absolute atomic E-state index is 13.6. The Labute approximate surface area is 249 Å². The number of Topliss-reactive ketones (excluding diaryl/α,β-unsaturated/α-hetero) is 1. The summed E-state index contributed by atoms with van der Waals surface area (Å²) < 4.78 is 17.7. The minimum atomic E-state index is -0.843. The van der Waals surface area contributed by atoms with E-state index in [1.54, 1.807) is 19.9 Å². The summed E-state index contributed by atoms with van der Waals surface area (Å²) in [5.41, 5.74) is 2.94. The second-order valence-corrected chi connectivity index (χ2v) is 10.4. The van der Waals surface area contributed by atoms with E-state index in [-0.39, 0.29) is 18.3 Å². The van der Waals surface area contributed by atoms with Crippen LogP contribution in [0.3, 0.4) is 0 Å². The third-order valence-corrected chi connectivity index (χ3v) is 7.14. The zero-order chi connectivity index (χ0) is 30.2. The molecule has 0 aliphatic carbocycles. The van der Waals surface area contributed by atoms with Crippen molar-refractivity contribution in [3.05, 3.63) is 71.3 Å². The average Bonchev–Trinajstić information content (AvgIpc) is 3.28. The van der Waals surface area contributed by atoms with Crippen LogP contribution in [0.25, 0.3) is 17.0 Å². The highest BCUT2D eigenvalue weighted by molar-refractivity contribution is 6.11. The fourth-order valence-electron chi connectivity index (χ4n) is 5.09. The summed E-state index contributed by atoms with van der Waals surface area (Å²) in [4.78, 5) is 38.0. The van der Waals surface area contributed by atoms with Crippen LogP contribution in [0.5, 0.6) is 5.88 Å². The Kier molecular flexibility index (Phi) is 13.9. The molecule has 1 aromatic heterocycles. The Bertz CT molecular complexity index is 1340. The molecule has 0 N–H and O–H groups in total. The number of carbonyl (C=O) groups is 3. The van der Waals surface area contributed by atoms with Crippen molar-refractivity contribution in [1.82, 2.24) is 4.57 Å². The van der Waals surface area contributed by atoms with Gasteiger partial charge in [-0.05, 0) is 49.6 Å². The Morgan fingerprint density at radius 1 is 0.786 bits per heavy atom. The second kappa shape index (κ2) is 17.8. The summed E-state index contributed by atoms with van der Waals surface area (Å²) in [6.45, 7) is 6.52. The zero-order valence-electron chi connectivity index (χ0n) is 25.4. The summed E-state index contributed by atoms with van der Waals surface area (Å²) >= 11 is 0. The molecular formula is C35H45NO6. The van der Waals surface area contributed by atoms with Gasteiger partial charge in [-0.15, -0.1) is 0 Å². The number of para-hydroxylation sites is 1. The minimum absolute atomic E-state index is 0.0432. The molecule has 0 spiro atoms. The molecule has 226 valence electrons. The highest BCUT2D eigenvalue weighted by Crippen LogP contribution is 2.35. The van der Waals surface area contributed by atoms with Crippen LogP contribution in [0.4, 0.5) is 4.79 Å². The van der Waals surface area contributed by atoms with Crippen LogP contribution < -0.4 is 4.74 Å². The molecule has 0 unspecified atom stereocenters. The smallest absolute Gasteiger partial charge is 0.463 e. The average molecular weight is 576 g/mol. The number of carbonyl (C=O) groups excluding carboxylic acids is 3. The topological polar surface area (TPSA) is 83.8 Å². The molecule has 7 nitrogen and oxygen atoms in total. The van der Waals surface area contributed by atoms with Gasteiger partial charge in [-0.2, -0.15) is 0 Å². The molecule has 42 heavy (non-hydrogen) atoms. The van der Waals surface area contributed by atoms with Gasteiger partial charge >= 0.3 is 12.1 Å². The van der Waals surface area contributed by atoms with E-state index in [1.165, 1.54) is 44.6 Å². The van der Waals surface area contributed by atoms with Crippen LogP contribution in [0.2, 0.25) is 0 Å². The van der Waals surface area contributed by atoms with E-state index in [4.69, 9.17) is 14.2 Å². The van der Waals surface area contributed by atoms with E-state index in [2.05, 4.69) is 6.92 Å². The standard InChI is InChI=1S/C35H45NO6/c1-4-7-8-9-10-11-12-13-14-22-31(37)33-29-20-15-16-21-30(29)36(34(33)42-35(39)41-6-3)26-28-19-17-18-27(25-28)23-24-32(38)40-5-2/h15-21,23-25H,4-14,22,26H2,1-3H3/b24-23+. The lowest BCUT2D eigenvalue weighted by Crippen LogP contribution is -2.15. The maximum Gasteiger partial charge on any atom is 0.515 e. The number of ketones is 1. The molecule has 1 heterocycles. The van der Waals surface area contributed by atoms with E-state index >= 15 is 0 Å². The van der Waals surface area contributed by atoms with Crippen LogP contribution in [-0.2, 0) is 20.8 Å². The summed E-state index contributed by atoms with van der Waals surface area (Å²) in [7, 11) is 0. The van der Waals surface area contributed by atoms with Gasteiger partial charge in [0.1, 0.15) is 0 Å². The molecule has 2 aromatic carbocycles. The SMILES string of the molecule is CCCCCCCCCCCC(=O)c1c(OC(=O)OCC)n(Cc2cccc(/C=C/C(=O)OCC)c2)c2ccccc12. The summed E-state index contributed by atoms with van der Waals surface area (Å²) in [6.07, 6.45) is 13.1. The Morgan fingerprint density at radius 2 is 1.48 bits per heavy atom. The van der Waals surface area contributed by atoms with Crippen molar-refractivity contribution in [3.8, 4) is 5.88 Å². The van der Waals surface area contributed by atoms with Gasteiger partial charge in [0, 0.05) is 17.9 Å². The first kappa shape index (κ1) is 32.6. The molecule has 3 rings (SSSR count). The first-order chi connectivity index (χ1) is 20.5. The number of esters is 1. The van der Waals surface area contributed by atoms with Gasteiger partial charge in [0.2, 0.25) is 5.88 Å². The summed E-state index contributed by atoms with van der Waals surface area (Å²) in [5.74, 6) is -0.249. The van der Waals surface area contributed by atoms with E-state index in [9.17, 15) is 14.4 Å². The van der Waals surface area contributed by atoms with E-state index in [0.717, 1.165) is 41.3 Å². The number of unbranched alkanes of at least 4 members (excludes halogenated alkanes) is 8. The number of hydrogen-bond acceptors (Lipinski definition) is 6. The van der Waals surface area contributed by atoms with E-state index in [0.29, 0.717) is 25.1 Å². The lowest BCUT2D eigenvalue weighted by Gasteiger charge is -2.13. The van der Waals surface area contributed by atoms with Crippen molar-refractivity contribution in [2.45, 2.75) is 91.5 Å². The molecule has 0 aliphatic rings. The minimum Gasteiger partial charge on any atom is -0.463 e. The normalized spacial score (nSPS) is 11.2. The molecule has 0 fully saturated rings. The van der Waals surface area contributed by atoms with Gasteiger partial charge in [0.05, 0.1) is 30.8 Å². The third kappa shape index (κ3) is 9.89. The molecule has 7 heteroatoms. The molecule has 0 aliphatic heterocycles. The first-order valence-corrected chi connectivity index (χ1v) is 15.4. The van der Waals surface area contributed by atoms with Crippen LogP contribution in [0, 0.1) is 0 Å². The number of benzene rings is 2. The molecule has 0 atom stereocenters. The lowest BCUT2D eigenvalue weighted by atomic mass is 10.0. The fourth-order valence-corrected chi connectivity index (χ4v) is 5.09.